The third-order valence-electron chi connectivity index (χ3n) is 3.79. The van der Waals surface area contributed by atoms with Gasteiger partial charge in [-0.3, -0.25) is 0 Å². The van der Waals surface area contributed by atoms with E-state index in [1.54, 1.807) is 22.5 Å². The fourth-order valence-electron chi connectivity index (χ4n) is 2.61. The van der Waals surface area contributed by atoms with Crippen molar-refractivity contribution in [1.29, 1.82) is 0 Å². The molecule has 3 rings (SSSR count). The molecule has 0 aromatic heterocycles. The van der Waals surface area contributed by atoms with Crippen molar-refractivity contribution in [1.82, 2.24) is 4.31 Å². The molecule has 0 N–H and O–H groups in total. The highest BCUT2D eigenvalue weighted by molar-refractivity contribution is 7.89. The predicted octanol–water partition coefficient (Wildman–Crippen LogP) is 3.17. The molecule has 5 heteroatoms. The molecule has 2 aromatic carbocycles. The van der Waals surface area contributed by atoms with Crippen LogP contribution in [0.15, 0.2) is 53.4 Å². The molecule has 21 heavy (non-hydrogen) atoms. The molecule has 1 heterocycles. The van der Waals surface area contributed by atoms with Crippen LogP contribution in [0.3, 0.4) is 0 Å². The summed E-state index contributed by atoms with van der Waals surface area (Å²) in [6.07, 6.45) is 0.755. The van der Waals surface area contributed by atoms with Crippen LogP contribution in [-0.4, -0.2) is 19.3 Å². The van der Waals surface area contributed by atoms with Gasteiger partial charge < -0.3 is 0 Å². The van der Waals surface area contributed by atoms with Gasteiger partial charge in [0.1, 0.15) is 0 Å². The number of sulfonamides is 1. The second kappa shape index (κ2) is 5.79. The minimum atomic E-state index is -3.46. The lowest BCUT2D eigenvalue weighted by atomic mass is 10.0. The molecule has 0 saturated heterocycles. The van der Waals surface area contributed by atoms with Gasteiger partial charge in [-0.25, -0.2) is 8.42 Å². The van der Waals surface area contributed by atoms with Crippen LogP contribution in [0, 0.1) is 0 Å². The summed E-state index contributed by atoms with van der Waals surface area (Å²) in [5.74, 6) is 0.312. The molecule has 0 amide bonds. The highest BCUT2D eigenvalue weighted by Gasteiger charge is 2.28. The highest BCUT2D eigenvalue weighted by Crippen LogP contribution is 2.25. The summed E-state index contributed by atoms with van der Waals surface area (Å²) in [7, 11) is -3.46. The second-order valence-electron chi connectivity index (χ2n) is 5.14. The Hall–Kier alpha value is -1.36. The van der Waals surface area contributed by atoms with Crippen LogP contribution < -0.4 is 0 Å². The molecule has 1 aliphatic heterocycles. The van der Waals surface area contributed by atoms with E-state index < -0.39 is 10.0 Å². The van der Waals surface area contributed by atoms with Crippen molar-refractivity contribution in [2.75, 3.05) is 6.54 Å². The molecule has 1 aliphatic rings. The number of hydrogen-bond acceptors (Lipinski definition) is 2. The van der Waals surface area contributed by atoms with Gasteiger partial charge in [-0.2, -0.15) is 4.31 Å². The van der Waals surface area contributed by atoms with E-state index in [9.17, 15) is 8.42 Å². The number of fused-ring (bicyclic) bond motifs is 1. The van der Waals surface area contributed by atoms with Crippen molar-refractivity contribution in [3.05, 3.63) is 65.2 Å². The lowest BCUT2D eigenvalue weighted by Crippen LogP contribution is -2.35. The number of benzene rings is 2. The minimum Gasteiger partial charge on any atom is -0.207 e. The molecule has 0 bridgehead atoms. The Kier molecular flexibility index (Phi) is 4.02. The summed E-state index contributed by atoms with van der Waals surface area (Å²) in [6, 6.07) is 14.9. The maximum Gasteiger partial charge on any atom is 0.243 e. The van der Waals surface area contributed by atoms with Gasteiger partial charge in [-0.1, -0.05) is 36.4 Å². The quantitative estimate of drug-likeness (QED) is 0.814. The highest BCUT2D eigenvalue weighted by atomic mass is 35.5. The zero-order valence-corrected chi connectivity index (χ0v) is 13.1. The first-order valence-corrected chi connectivity index (χ1v) is 8.80. The van der Waals surface area contributed by atoms with Crippen LogP contribution in [0.4, 0.5) is 0 Å². The smallest absolute Gasteiger partial charge is 0.207 e. The molecule has 0 atom stereocenters. The molecule has 3 nitrogen and oxygen atoms in total. The van der Waals surface area contributed by atoms with Gasteiger partial charge in [0, 0.05) is 19.0 Å². The average molecular weight is 322 g/mol. The maximum absolute atomic E-state index is 12.7. The van der Waals surface area contributed by atoms with Crippen LogP contribution in [0.2, 0.25) is 0 Å². The zero-order valence-electron chi connectivity index (χ0n) is 11.5. The summed E-state index contributed by atoms with van der Waals surface area (Å²) in [5.41, 5.74) is 3.13. The largest absolute Gasteiger partial charge is 0.243 e. The molecule has 0 unspecified atom stereocenters. The minimum absolute atomic E-state index is 0.312. The Balaban J connectivity index is 1.93. The van der Waals surface area contributed by atoms with Crippen molar-refractivity contribution in [2.24, 2.45) is 0 Å². The van der Waals surface area contributed by atoms with Crippen LogP contribution >= 0.6 is 11.6 Å². The van der Waals surface area contributed by atoms with E-state index in [0.29, 0.717) is 23.9 Å². The zero-order chi connectivity index (χ0) is 14.9. The third kappa shape index (κ3) is 2.84. The first kappa shape index (κ1) is 14.6. The molecule has 0 aliphatic carbocycles. The molecule has 0 saturated carbocycles. The fourth-order valence-corrected chi connectivity index (χ4v) is 4.27. The normalized spacial score (nSPS) is 15.7. The van der Waals surface area contributed by atoms with Crippen molar-refractivity contribution in [3.8, 4) is 0 Å². The lowest BCUT2D eigenvalue weighted by molar-refractivity contribution is 0.391. The van der Waals surface area contributed by atoms with Gasteiger partial charge in [0.05, 0.1) is 4.90 Å². The number of alkyl halides is 1. The average Bonchev–Trinajstić information content (AvgIpc) is 2.54. The molecule has 0 radical (unpaired) electrons. The SMILES string of the molecule is O=S(=O)(c1cccc(CCl)c1)N1CCc2ccccc2C1. The van der Waals surface area contributed by atoms with E-state index in [2.05, 4.69) is 6.07 Å². The fraction of sp³-hybridized carbons (Fsp3) is 0.250. The number of nitrogens with zero attached hydrogens (tertiary/aromatic N) is 1. The second-order valence-corrected chi connectivity index (χ2v) is 7.34. The Morgan fingerprint density at radius 1 is 1.05 bits per heavy atom. The predicted molar refractivity (Wildman–Crippen MR) is 83.7 cm³/mol. The summed E-state index contributed by atoms with van der Waals surface area (Å²) >= 11 is 5.79. The van der Waals surface area contributed by atoms with Crippen molar-refractivity contribution in [2.45, 2.75) is 23.7 Å². The molecule has 0 spiro atoms. The van der Waals surface area contributed by atoms with Crippen LogP contribution in [0.25, 0.3) is 0 Å². The van der Waals surface area contributed by atoms with Crippen molar-refractivity contribution in [3.63, 3.8) is 0 Å². The van der Waals surface area contributed by atoms with Gasteiger partial charge in [0.2, 0.25) is 10.0 Å². The number of rotatable bonds is 3. The van der Waals surface area contributed by atoms with Crippen LogP contribution in [0.1, 0.15) is 16.7 Å². The molecular formula is C16H16ClNO2S. The van der Waals surface area contributed by atoms with Gasteiger partial charge >= 0.3 is 0 Å². The first-order valence-electron chi connectivity index (χ1n) is 6.83. The Labute approximate surface area is 130 Å². The topological polar surface area (TPSA) is 37.4 Å². The van der Waals surface area contributed by atoms with Gasteiger partial charge in [0.25, 0.3) is 0 Å². The monoisotopic (exact) mass is 321 g/mol. The van der Waals surface area contributed by atoms with Gasteiger partial charge in [-0.05, 0) is 35.2 Å². The van der Waals surface area contributed by atoms with Crippen molar-refractivity contribution < 1.29 is 8.42 Å². The molecule has 2 aromatic rings. The molecular weight excluding hydrogens is 306 g/mol. The summed E-state index contributed by atoms with van der Waals surface area (Å²) in [4.78, 5) is 0.319. The molecule has 110 valence electrons. The Bertz CT molecular complexity index is 758. The van der Waals surface area contributed by atoms with E-state index >= 15 is 0 Å². The van der Waals surface area contributed by atoms with E-state index in [1.807, 2.05) is 24.3 Å². The van der Waals surface area contributed by atoms with Gasteiger partial charge in [-0.15, -0.1) is 11.6 Å². The van der Waals surface area contributed by atoms with Crippen molar-refractivity contribution >= 4 is 21.6 Å². The van der Waals surface area contributed by atoms with Crippen LogP contribution in [0.5, 0.6) is 0 Å². The standard InChI is InChI=1S/C16H16ClNO2S/c17-11-13-4-3-7-16(10-13)21(19,20)18-9-8-14-5-1-2-6-15(14)12-18/h1-7,10H,8-9,11-12H2. The third-order valence-corrected chi connectivity index (χ3v) is 5.94. The van der Waals surface area contributed by atoms with E-state index in [-0.39, 0.29) is 0 Å². The van der Waals surface area contributed by atoms with E-state index in [4.69, 9.17) is 11.6 Å². The van der Waals surface area contributed by atoms with E-state index in [1.165, 1.54) is 5.56 Å². The Morgan fingerprint density at radius 2 is 1.81 bits per heavy atom. The Morgan fingerprint density at radius 3 is 2.57 bits per heavy atom. The lowest BCUT2D eigenvalue weighted by Gasteiger charge is -2.28. The number of halogens is 1. The van der Waals surface area contributed by atoms with E-state index in [0.717, 1.165) is 17.5 Å². The maximum atomic E-state index is 12.7. The summed E-state index contributed by atoms with van der Waals surface area (Å²) < 4.78 is 27.0. The van der Waals surface area contributed by atoms with Gasteiger partial charge in [0.15, 0.2) is 0 Å². The number of hydrogen-bond donors (Lipinski definition) is 0. The first-order chi connectivity index (χ1) is 10.1. The van der Waals surface area contributed by atoms with Crippen LogP contribution in [-0.2, 0) is 28.9 Å². The molecule has 0 fully saturated rings. The summed E-state index contributed by atoms with van der Waals surface area (Å²) in [5, 5.41) is 0. The summed E-state index contributed by atoms with van der Waals surface area (Å²) in [6.45, 7) is 0.952.